The van der Waals surface area contributed by atoms with Crippen molar-refractivity contribution in [3.8, 4) is 0 Å². The molecule has 2 amide bonds. The Morgan fingerprint density at radius 2 is 1.58 bits per heavy atom. The lowest BCUT2D eigenvalue weighted by Gasteiger charge is -2.44. The van der Waals surface area contributed by atoms with Gasteiger partial charge in [-0.15, -0.1) is 0 Å². The number of hydrogen-bond donors (Lipinski definition) is 1. The molecule has 33 heavy (non-hydrogen) atoms. The Kier molecular flexibility index (Phi) is 6.91. The molecule has 4 aliphatic rings. The van der Waals surface area contributed by atoms with Gasteiger partial charge in [0.25, 0.3) is 5.91 Å². The van der Waals surface area contributed by atoms with Crippen LogP contribution < -0.4 is 4.90 Å². The number of aliphatic hydroxyl groups is 1. The van der Waals surface area contributed by atoms with Gasteiger partial charge in [0.15, 0.2) is 0 Å². The first-order valence-electron chi connectivity index (χ1n) is 13.2. The van der Waals surface area contributed by atoms with Crippen molar-refractivity contribution in [2.45, 2.75) is 63.8 Å². The topological polar surface area (TPSA) is 64.1 Å². The number of piperidine rings is 2. The third-order valence-corrected chi connectivity index (χ3v) is 8.71. The van der Waals surface area contributed by atoms with Crippen molar-refractivity contribution in [3.05, 3.63) is 29.8 Å². The molecule has 3 unspecified atom stereocenters. The highest BCUT2D eigenvalue weighted by Crippen LogP contribution is 2.36. The van der Waals surface area contributed by atoms with E-state index in [1.165, 1.54) is 25.7 Å². The van der Waals surface area contributed by atoms with E-state index in [4.69, 9.17) is 0 Å². The second kappa shape index (κ2) is 10.0. The molecular formula is C27H39N3O3. The quantitative estimate of drug-likeness (QED) is 0.758. The third-order valence-electron chi connectivity index (χ3n) is 8.71. The molecule has 1 aromatic rings. The summed E-state index contributed by atoms with van der Waals surface area (Å²) in [6.45, 7) is 4.31. The predicted octanol–water partition coefficient (Wildman–Crippen LogP) is 3.54. The van der Waals surface area contributed by atoms with Crippen molar-refractivity contribution in [2.75, 3.05) is 44.2 Å². The molecule has 1 N–H and O–H groups in total. The fourth-order valence-corrected chi connectivity index (χ4v) is 6.65. The molecule has 6 heteroatoms. The highest BCUT2D eigenvalue weighted by molar-refractivity contribution is 5.95. The molecule has 5 rings (SSSR count). The van der Waals surface area contributed by atoms with E-state index >= 15 is 0 Å². The second-order valence-corrected chi connectivity index (χ2v) is 10.7. The summed E-state index contributed by atoms with van der Waals surface area (Å²) in [5.74, 6) is 1.56. The molecule has 1 aliphatic carbocycles. The largest absolute Gasteiger partial charge is 0.396 e. The van der Waals surface area contributed by atoms with Gasteiger partial charge in [0.2, 0.25) is 5.91 Å². The highest BCUT2D eigenvalue weighted by atomic mass is 16.3. The minimum Gasteiger partial charge on any atom is -0.396 e. The van der Waals surface area contributed by atoms with Crippen LogP contribution in [-0.4, -0.2) is 72.1 Å². The lowest BCUT2D eigenvalue weighted by molar-refractivity contribution is -0.136. The zero-order chi connectivity index (χ0) is 22.8. The van der Waals surface area contributed by atoms with Crippen molar-refractivity contribution in [2.24, 2.45) is 17.8 Å². The summed E-state index contributed by atoms with van der Waals surface area (Å²) < 4.78 is 0. The zero-order valence-corrected chi connectivity index (χ0v) is 19.8. The van der Waals surface area contributed by atoms with Gasteiger partial charge in [0, 0.05) is 56.6 Å². The molecule has 3 saturated heterocycles. The van der Waals surface area contributed by atoms with Crippen LogP contribution in [0.5, 0.6) is 0 Å². The van der Waals surface area contributed by atoms with Gasteiger partial charge < -0.3 is 19.8 Å². The van der Waals surface area contributed by atoms with Crippen LogP contribution in [-0.2, 0) is 4.79 Å². The Morgan fingerprint density at radius 3 is 2.33 bits per heavy atom. The molecule has 0 radical (unpaired) electrons. The van der Waals surface area contributed by atoms with Crippen LogP contribution in [0.25, 0.3) is 0 Å². The fraction of sp³-hybridized carbons (Fsp3) is 0.704. The van der Waals surface area contributed by atoms with Crippen LogP contribution in [0.2, 0.25) is 0 Å². The molecule has 3 heterocycles. The number of fused-ring (bicyclic) bond motifs is 1. The average Bonchev–Trinajstić information content (AvgIpc) is 3.38. The molecule has 6 nitrogen and oxygen atoms in total. The maximum Gasteiger partial charge on any atom is 0.254 e. The Morgan fingerprint density at radius 1 is 0.848 bits per heavy atom. The Hall–Kier alpha value is -2.08. The van der Waals surface area contributed by atoms with Crippen molar-refractivity contribution >= 4 is 17.5 Å². The van der Waals surface area contributed by atoms with Crippen LogP contribution >= 0.6 is 0 Å². The van der Waals surface area contributed by atoms with E-state index < -0.39 is 0 Å². The minimum atomic E-state index is 0.0496. The van der Waals surface area contributed by atoms with Gasteiger partial charge >= 0.3 is 0 Å². The van der Waals surface area contributed by atoms with Crippen LogP contribution in [0, 0.1) is 17.8 Å². The summed E-state index contributed by atoms with van der Waals surface area (Å²) in [6, 6.07) is 8.54. The van der Waals surface area contributed by atoms with Crippen LogP contribution in [0.4, 0.5) is 5.69 Å². The van der Waals surface area contributed by atoms with Gasteiger partial charge in [0.1, 0.15) is 0 Å². The maximum atomic E-state index is 13.3. The lowest BCUT2D eigenvalue weighted by Crippen LogP contribution is -2.49. The number of likely N-dealkylation sites (tertiary alicyclic amines) is 2. The summed E-state index contributed by atoms with van der Waals surface area (Å²) in [5.41, 5.74) is 1.90. The second-order valence-electron chi connectivity index (χ2n) is 10.7. The van der Waals surface area contributed by atoms with Gasteiger partial charge in [-0.1, -0.05) is 12.8 Å². The SMILES string of the molecule is O=C(C1CCN(c2ccc(C(=O)N3CCCC4CCCCC43)cc2)C1)N1CCC(CO)CC1. The number of benzene rings is 1. The Labute approximate surface area is 197 Å². The number of anilines is 1. The Balaban J connectivity index is 1.18. The summed E-state index contributed by atoms with van der Waals surface area (Å²) >= 11 is 0. The van der Waals surface area contributed by atoms with Gasteiger partial charge in [-0.3, -0.25) is 9.59 Å². The van der Waals surface area contributed by atoms with E-state index in [1.54, 1.807) is 0 Å². The number of rotatable bonds is 4. The number of amides is 2. The van der Waals surface area contributed by atoms with E-state index in [1.807, 2.05) is 17.0 Å². The minimum absolute atomic E-state index is 0.0496. The molecule has 0 bridgehead atoms. The zero-order valence-electron chi connectivity index (χ0n) is 19.8. The van der Waals surface area contributed by atoms with E-state index in [-0.39, 0.29) is 24.3 Å². The summed E-state index contributed by atoms with van der Waals surface area (Å²) in [4.78, 5) is 32.7. The van der Waals surface area contributed by atoms with Crippen LogP contribution in [0.1, 0.15) is 68.1 Å². The number of nitrogens with zero attached hydrogens (tertiary/aromatic N) is 3. The van der Waals surface area contributed by atoms with E-state index in [0.717, 1.165) is 76.1 Å². The van der Waals surface area contributed by atoms with Gasteiger partial charge in [0.05, 0.1) is 5.92 Å². The van der Waals surface area contributed by atoms with Crippen molar-refractivity contribution in [3.63, 3.8) is 0 Å². The van der Waals surface area contributed by atoms with E-state index in [0.29, 0.717) is 17.9 Å². The third kappa shape index (κ3) is 4.77. The molecule has 0 aromatic heterocycles. The Bertz CT molecular complexity index is 832. The van der Waals surface area contributed by atoms with Crippen molar-refractivity contribution in [1.29, 1.82) is 0 Å². The van der Waals surface area contributed by atoms with Crippen LogP contribution in [0.15, 0.2) is 24.3 Å². The smallest absolute Gasteiger partial charge is 0.254 e. The van der Waals surface area contributed by atoms with E-state index in [9.17, 15) is 14.7 Å². The molecule has 4 fully saturated rings. The number of carbonyl (C=O) groups excluding carboxylic acids is 2. The van der Waals surface area contributed by atoms with Crippen molar-refractivity contribution in [1.82, 2.24) is 9.80 Å². The molecule has 3 atom stereocenters. The summed E-state index contributed by atoms with van der Waals surface area (Å²) in [6.07, 6.45) is 10.1. The molecule has 1 aromatic carbocycles. The van der Waals surface area contributed by atoms with Crippen molar-refractivity contribution < 1.29 is 14.7 Å². The monoisotopic (exact) mass is 453 g/mol. The van der Waals surface area contributed by atoms with E-state index in [2.05, 4.69) is 21.9 Å². The van der Waals surface area contributed by atoms with Gasteiger partial charge in [-0.25, -0.2) is 0 Å². The average molecular weight is 454 g/mol. The number of hydrogen-bond acceptors (Lipinski definition) is 4. The van der Waals surface area contributed by atoms with Crippen LogP contribution in [0.3, 0.4) is 0 Å². The molecule has 180 valence electrons. The summed E-state index contributed by atoms with van der Waals surface area (Å²) in [7, 11) is 0. The number of aliphatic hydroxyl groups excluding tert-OH is 1. The molecule has 1 saturated carbocycles. The highest BCUT2D eigenvalue weighted by Gasteiger charge is 2.36. The van der Waals surface area contributed by atoms with Gasteiger partial charge in [-0.2, -0.15) is 0 Å². The molecule has 0 spiro atoms. The first kappa shape index (κ1) is 22.7. The molecular weight excluding hydrogens is 414 g/mol. The first-order valence-corrected chi connectivity index (χ1v) is 13.2. The van der Waals surface area contributed by atoms with Gasteiger partial charge in [-0.05, 0) is 81.0 Å². The first-order chi connectivity index (χ1) is 16.1. The lowest BCUT2D eigenvalue weighted by atomic mass is 9.78. The normalized spacial score (nSPS) is 28.6. The maximum absolute atomic E-state index is 13.3. The molecule has 3 aliphatic heterocycles. The number of carbonyl (C=O) groups is 2. The fourth-order valence-electron chi connectivity index (χ4n) is 6.65. The summed E-state index contributed by atoms with van der Waals surface area (Å²) in [5, 5.41) is 9.33. The standard InChI is InChI=1S/C27H39N3O3/c31-19-20-11-15-28(16-12-20)26(32)23-13-17-29(18-23)24-9-7-22(8-10-24)27(33)30-14-3-5-21-4-1-2-6-25(21)30/h7-10,20-21,23,25,31H,1-6,11-19H2. The predicted molar refractivity (Wildman–Crippen MR) is 129 cm³/mol.